The molecule has 1 aliphatic heterocycles. The summed E-state index contributed by atoms with van der Waals surface area (Å²) in [7, 11) is 0. The summed E-state index contributed by atoms with van der Waals surface area (Å²) in [6.07, 6.45) is 3.29. The van der Waals surface area contributed by atoms with Crippen molar-refractivity contribution in [3.05, 3.63) is 0 Å². The van der Waals surface area contributed by atoms with Crippen LogP contribution in [-0.4, -0.2) is 58.1 Å². The number of carbonyl (C=O) groups excluding carboxylic acids is 1. The SMILES string of the molecule is NCCOCC(=O)NCCCOCC1CCCO1. The van der Waals surface area contributed by atoms with Gasteiger partial charge in [-0.3, -0.25) is 4.79 Å². The van der Waals surface area contributed by atoms with Crippen LogP contribution in [0.2, 0.25) is 0 Å². The van der Waals surface area contributed by atoms with Crippen molar-refractivity contribution in [2.45, 2.75) is 25.4 Å². The van der Waals surface area contributed by atoms with Crippen LogP contribution in [0.3, 0.4) is 0 Å². The molecule has 0 bridgehead atoms. The molecule has 0 aromatic carbocycles. The molecule has 6 nitrogen and oxygen atoms in total. The van der Waals surface area contributed by atoms with E-state index >= 15 is 0 Å². The van der Waals surface area contributed by atoms with E-state index in [9.17, 15) is 4.79 Å². The van der Waals surface area contributed by atoms with E-state index in [0.717, 1.165) is 25.9 Å². The summed E-state index contributed by atoms with van der Waals surface area (Å²) in [6, 6.07) is 0. The molecule has 0 aromatic rings. The Balaban J connectivity index is 1.81. The summed E-state index contributed by atoms with van der Waals surface area (Å²) in [6.45, 7) is 3.69. The molecule has 1 atom stereocenters. The lowest BCUT2D eigenvalue weighted by atomic mass is 10.2. The van der Waals surface area contributed by atoms with Crippen molar-refractivity contribution < 1.29 is 19.0 Å². The molecule has 18 heavy (non-hydrogen) atoms. The molecule has 1 unspecified atom stereocenters. The Bertz CT molecular complexity index is 220. The van der Waals surface area contributed by atoms with Crippen LogP contribution in [0.15, 0.2) is 0 Å². The third-order valence-electron chi connectivity index (χ3n) is 2.61. The highest BCUT2D eigenvalue weighted by Crippen LogP contribution is 2.11. The van der Waals surface area contributed by atoms with Crippen LogP contribution >= 0.6 is 0 Å². The van der Waals surface area contributed by atoms with Gasteiger partial charge in [-0.15, -0.1) is 0 Å². The molecule has 3 N–H and O–H groups in total. The normalized spacial score (nSPS) is 19.1. The zero-order valence-electron chi connectivity index (χ0n) is 10.9. The molecular formula is C12H24N2O4. The highest BCUT2D eigenvalue weighted by atomic mass is 16.5. The maximum absolute atomic E-state index is 11.2. The quantitative estimate of drug-likeness (QED) is 0.525. The molecule has 1 fully saturated rings. The van der Waals surface area contributed by atoms with Gasteiger partial charge in [0.2, 0.25) is 5.91 Å². The fraction of sp³-hybridized carbons (Fsp3) is 0.917. The van der Waals surface area contributed by atoms with E-state index in [2.05, 4.69) is 5.32 Å². The Morgan fingerprint density at radius 1 is 1.39 bits per heavy atom. The van der Waals surface area contributed by atoms with Crippen molar-refractivity contribution in [1.29, 1.82) is 0 Å². The van der Waals surface area contributed by atoms with E-state index in [1.165, 1.54) is 0 Å². The Labute approximate surface area is 108 Å². The van der Waals surface area contributed by atoms with Crippen molar-refractivity contribution in [2.24, 2.45) is 5.73 Å². The molecule has 0 spiro atoms. The first-order valence-electron chi connectivity index (χ1n) is 6.57. The summed E-state index contributed by atoms with van der Waals surface area (Å²) in [5.41, 5.74) is 5.24. The number of carbonyl (C=O) groups is 1. The lowest BCUT2D eigenvalue weighted by molar-refractivity contribution is -0.125. The maximum Gasteiger partial charge on any atom is 0.245 e. The molecule has 0 aromatic heterocycles. The van der Waals surface area contributed by atoms with Crippen LogP contribution < -0.4 is 11.1 Å². The Morgan fingerprint density at radius 3 is 3.00 bits per heavy atom. The third-order valence-corrected chi connectivity index (χ3v) is 2.61. The number of hydrogen-bond donors (Lipinski definition) is 2. The minimum atomic E-state index is -0.109. The summed E-state index contributed by atoms with van der Waals surface area (Å²) in [5, 5.41) is 2.75. The van der Waals surface area contributed by atoms with Gasteiger partial charge in [-0.1, -0.05) is 0 Å². The van der Waals surface area contributed by atoms with Gasteiger partial charge in [-0.25, -0.2) is 0 Å². The first-order valence-corrected chi connectivity index (χ1v) is 6.57. The smallest absolute Gasteiger partial charge is 0.245 e. The van der Waals surface area contributed by atoms with Crippen LogP contribution in [0.1, 0.15) is 19.3 Å². The molecule has 0 saturated carbocycles. The standard InChI is InChI=1S/C12H24N2O4/c13-4-8-17-10-12(15)14-5-2-6-16-9-11-3-1-7-18-11/h11H,1-10,13H2,(H,14,15). The van der Waals surface area contributed by atoms with Crippen LogP contribution in [0.5, 0.6) is 0 Å². The van der Waals surface area contributed by atoms with E-state index in [1.54, 1.807) is 0 Å². The van der Waals surface area contributed by atoms with Crippen LogP contribution in [0.4, 0.5) is 0 Å². The van der Waals surface area contributed by atoms with Gasteiger partial charge in [0.1, 0.15) is 6.61 Å². The molecule has 106 valence electrons. The van der Waals surface area contributed by atoms with Gasteiger partial charge in [0.05, 0.1) is 19.3 Å². The van der Waals surface area contributed by atoms with Crippen molar-refractivity contribution in [2.75, 3.05) is 46.1 Å². The minimum Gasteiger partial charge on any atom is -0.379 e. The maximum atomic E-state index is 11.2. The summed E-state index contributed by atoms with van der Waals surface area (Å²) in [5.74, 6) is -0.109. The Kier molecular flexibility index (Phi) is 8.75. The average molecular weight is 260 g/mol. The fourth-order valence-electron chi connectivity index (χ4n) is 1.69. The van der Waals surface area contributed by atoms with Crippen molar-refractivity contribution in [1.82, 2.24) is 5.32 Å². The van der Waals surface area contributed by atoms with Gasteiger partial charge >= 0.3 is 0 Å². The molecule has 1 amide bonds. The number of amides is 1. The van der Waals surface area contributed by atoms with Gasteiger partial charge in [0.15, 0.2) is 0 Å². The molecular weight excluding hydrogens is 236 g/mol. The predicted octanol–water partition coefficient (Wildman–Crippen LogP) is -0.336. The number of nitrogens with two attached hydrogens (primary N) is 1. The van der Waals surface area contributed by atoms with Crippen molar-refractivity contribution in [3.63, 3.8) is 0 Å². The van der Waals surface area contributed by atoms with Crippen molar-refractivity contribution >= 4 is 5.91 Å². The highest BCUT2D eigenvalue weighted by Gasteiger charge is 2.14. The van der Waals surface area contributed by atoms with E-state index in [4.69, 9.17) is 19.9 Å². The Hall–Kier alpha value is -0.690. The second-order valence-electron chi connectivity index (χ2n) is 4.25. The van der Waals surface area contributed by atoms with Crippen LogP contribution in [0.25, 0.3) is 0 Å². The van der Waals surface area contributed by atoms with Gasteiger partial charge in [0, 0.05) is 26.3 Å². The molecule has 0 radical (unpaired) electrons. The summed E-state index contributed by atoms with van der Waals surface area (Å²) in [4.78, 5) is 11.2. The van der Waals surface area contributed by atoms with E-state index < -0.39 is 0 Å². The first kappa shape index (κ1) is 15.4. The van der Waals surface area contributed by atoms with Gasteiger partial charge in [-0.2, -0.15) is 0 Å². The highest BCUT2D eigenvalue weighted by molar-refractivity contribution is 5.77. The average Bonchev–Trinajstić information content (AvgIpc) is 2.87. The number of rotatable bonds is 10. The first-order chi connectivity index (χ1) is 8.83. The molecule has 6 heteroatoms. The molecule has 1 heterocycles. The predicted molar refractivity (Wildman–Crippen MR) is 67.3 cm³/mol. The van der Waals surface area contributed by atoms with Gasteiger partial charge < -0.3 is 25.3 Å². The van der Waals surface area contributed by atoms with E-state index in [-0.39, 0.29) is 18.6 Å². The monoisotopic (exact) mass is 260 g/mol. The third kappa shape index (κ3) is 7.60. The summed E-state index contributed by atoms with van der Waals surface area (Å²) < 4.78 is 15.9. The number of ether oxygens (including phenoxy) is 3. The number of nitrogens with one attached hydrogen (secondary N) is 1. The lowest BCUT2D eigenvalue weighted by Crippen LogP contribution is -2.30. The van der Waals surface area contributed by atoms with Crippen molar-refractivity contribution in [3.8, 4) is 0 Å². The second-order valence-corrected chi connectivity index (χ2v) is 4.25. The van der Waals surface area contributed by atoms with Gasteiger partial charge in [0.25, 0.3) is 0 Å². The topological polar surface area (TPSA) is 82.8 Å². The summed E-state index contributed by atoms with van der Waals surface area (Å²) >= 11 is 0. The molecule has 0 aliphatic carbocycles. The minimum absolute atomic E-state index is 0.0774. The largest absolute Gasteiger partial charge is 0.379 e. The van der Waals surface area contributed by atoms with Crippen LogP contribution in [0, 0.1) is 0 Å². The van der Waals surface area contributed by atoms with Crippen LogP contribution in [-0.2, 0) is 19.0 Å². The molecule has 1 saturated heterocycles. The van der Waals surface area contributed by atoms with E-state index in [0.29, 0.717) is 32.9 Å². The number of hydrogen-bond acceptors (Lipinski definition) is 5. The second kappa shape index (κ2) is 10.3. The van der Waals surface area contributed by atoms with E-state index in [1.807, 2.05) is 0 Å². The Morgan fingerprint density at radius 2 is 2.28 bits per heavy atom. The fourth-order valence-corrected chi connectivity index (χ4v) is 1.69. The zero-order valence-corrected chi connectivity index (χ0v) is 10.9. The van der Waals surface area contributed by atoms with Gasteiger partial charge in [-0.05, 0) is 19.3 Å². The lowest BCUT2D eigenvalue weighted by Gasteiger charge is -2.10. The molecule has 1 aliphatic rings. The zero-order chi connectivity index (χ0) is 13.1. The molecule has 1 rings (SSSR count).